The summed E-state index contributed by atoms with van der Waals surface area (Å²) in [6.07, 6.45) is 6.51. The smallest absolute Gasteiger partial charge is 0.328 e. The molecular formula is C36H41F2N9O6. The minimum absolute atomic E-state index is 0.104. The van der Waals surface area contributed by atoms with E-state index in [4.69, 9.17) is 30.4 Å². The quantitative estimate of drug-likeness (QED) is 0.0748. The lowest BCUT2D eigenvalue weighted by Crippen LogP contribution is -2.47. The minimum atomic E-state index is -0.956. The predicted molar refractivity (Wildman–Crippen MR) is 192 cm³/mol. The number of carbonyl (C=O) groups is 2. The number of unbranched alkanes of at least 4 members (excludes halogenated alkanes) is 1. The zero-order valence-electron chi connectivity index (χ0n) is 29.5. The molecule has 0 saturated carbocycles. The van der Waals surface area contributed by atoms with Crippen molar-refractivity contribution in [2.24, 2.45) is 11.5 Å². The van der Waals surface area contributed by atoms with E-state index < -0.39 is 35.6 Å². The van der Waals surface area contributed by atoms with Crippen molar-refractivity contribution in [1.29, 1.82) is 0 Å². The Labute approximate surface area is 304 Å². The summed E-state index contributed by atoms with van der Waals surface area (Å²) in [7, 11) is 3.01. The van der Waals surface area contributed by atoms with Crippen LogP contribution in [0.4, 0.5) is 20.3 Å². The Morgan fingerprint density at radius 3 is 2.49 bits per heavy atom. The second-order valence-electron chi connectivity index (χ2n) is 11.8. The Balaban J connectivity index is 1.25. The molecule has 280 valence electrons. The number of methoxy groups -OCH3 is 2. The molecule has 53 heavy (non-hydrogen) atoms. The first-order valence-electron chi connectivity index (χ1n) is 16.8. The van der Waals surface area contributed by atoms with Gasteiger partial charge in [-0.1, -0.05) is 24.6 Å². The molecule has 2 aromatic carbocycles. The molecule has 0 bridgehead atoms. The van der Waals surface area contributed by atoms with Gasteiger partial charge in [-0.3, -0.25) is 14.5 Å². The van der Waals surface area contributed by atoms with E-state index in [1.54, 1.807) is 30.6 Å². The van der Waals surface area contributed by atoms with Gasteiger partial charge >= 0.3 is 5.97 Å². The van der Waals surface area contributed by atoms with Gasteiger partial charge in [0, 0.05) is 29.3 Å². The molecule has 0 aliphatic rings. The summed E-state index contributed by atoms with van der Waals surface area (Å²) in [5, 5.41) is 11.0. The average Bonchev–Trinajstić information content (AvgIpc) is 3.53. The number of nitrogens with one attached hydrogen (secondary N) is 2. The maximum atomic E-state index is 15.4. The van der Waals surface area contributed by atoms with E-state index in [0.717, 1.165) is 18.6 Å². The van der Waals surface area contributed by atoms with Crippen LogP contribution in [0.2, 0.25) is 0 Å². The fourth-order valence-electron chi connectivity index (χ4n) is 5.32. The topological polar surface area (TPSA) is 204 Å². The Kier molecular flexibility index (Phi) is 13.0. The third-order valence-corrected chi connectivity index (χ3v) is 8.14. The third-order valence-electron chi connectivity index (χ3n) is 8.14. The van der Waals surface area contributed by atoms with Crippen LogP contribution in [0.15, 0.2) is 61.1 Å². The van der Waals surface area contributed by atoms with Crippen LogP contribution >= 0.6 is 0 Å². The number of nitrogens with two attached hydrogens (primary N) is 2. The molecule has 6 N–H and O–H groups in total. The number of carbonyl (C=O) groups excluding carboxylic acids is 2. The van der Waals surface area contributed by atoms with E-state index in [1.165, 1.54) is 32.0 Å². The largest absolute Gasteiger partial charge is 0.493 e. The number of rotatable bonds is 18. The van der Waals surface area contributed by atoms with Crippen molar-refractivity contribution in [1.82, 2.24) is 30.0 Å². The highest BCUT2D eigenvalue weighted by molar-refractivity contribution is 5.92. The summed E-state index contributed by atoms with van der Waals surface area (Å²) in [6, 6.07) is 9.25. The molecule has 5 aromatic rings. The van der Waals surface area contributed by atoms with Crippen molar-refractivity contribution in [3.63, 3.8) is 0 Å². The molecule has 5 rings (SSSR count). The second-order valence-corrected chi connectivity index (χ2v) is 11.8. The Bertz CT molecular complexity index is 2020. The fourth-order valence-corrected chi connectivity index (χ4v) is 5.32. The summed E-state index contributed by atoms with van der Waals surface area (Å²) in [5.74, 6) is -1.62. The van der Waals surface area contributed by atoms with Crippen molar-refractivity contribution < 1.29 is 37.3 Å². The van der Waals surface area contributed by atoms with Crippen LogP contribution in [0.3, 0.4) is 0 Å². The lowest BCUT2D eigenvalue weighted by atomic mass is 10.1. The van der Waals surface area contributed by atoms with Gasteiger partial charge in [0.2, 0.25) is 5.91 Å². The second kappa shape index (κ2) is 18.0. The van der Waals surface area contributed by atoms with E-state index in [-0.39, 0.29) is 36.9 Å². The maximum absolute atomic E-state index is 15.4. The van der Waals surface area contributed by atoms with E-state index in [1.807, 2.05) is 12.1 Å². The molecule has 2 atom stereocenters. The van der Waals surface area contributed by atoms with E-state index in [0.29, 0.717) is 59.0 Å². The molecule has 3 aromatic heterocycles. The van der Waals surface area contributed by atoms with Crippen molar-refractivity contribution >= 4 is 34.3 Å². The van der Waals surface area contributed by atoms with E-state index in [2.05, 4.69) is 30.7 Å². The highest BCUT2D eigenvalue weighted by Gasteiger charge is 2.22. The van der Waals surface area contributed by atoms with Crippen LogP contribution in [0.25, 0.3) is 22.4 Å². The Hall–Kier alpha value is -5.94. The van der Waals surface area contributed by atoms with Gasteiger partial charge in [-0.25, -0.2) is 23.5 Å². The van der Waals surface area contributed by atoms with Crippen molar-refractivity contribution in [3.05, 3.63) is 78.3 Å². The third kappa shape index (κ3) is 9.49. The van der Waals surface area contributed by atoms with Crippen molar-refractivity contribution in [3.8, 4) is 28.8 Å². The summed E-state index contributed by atoms with van der Waals surface area (Å²) >= 11 is 0. The fraction of sp³-hybridized carbons (Fsp3) is 0.333. The summed E-state index contributed by atoms with van der Waals surface area (Å²) in [4.78, 5) is 37.7. The molecule has 0 unspecified atom stereocenters. The first-order chi connectivity index (χ1) is 25.6. The summed E-state index contributed by atoms with van der Waals surface area (Å²) in [6.45, 7) is 1.28. The normalized spacial score (nSPS) is 12.2. The SMILES string of the molecule is COc1cnccc1Nc1nc(-c2nn(Cc3c(F)cc(OCCOC(=O)[C@H](C)NC(=O)[C@@H](N)CCCCN)cc3F)c3ccccc23)ncc1OC. The number of halogens is 2. The number of aromatic nitrogens is 5. The molecule has 0 fully saturated rings. The first kappa shape index (κ1) is 38.3. The standard InChI is InChI=1S/C36H41F2N9O6/c1-21(43-35(48)27(40)9-6-7-12-39)36(49)53-15-14-52-22-16-25(37)24(26(38)17-22)20-47-29-10-5-4-8-23(29)32(46-47)34-42-19-31(51-3)33(45-34)44-28-11-13-41-18-30(28)50-2/h4-5,8,10-11,13,16-19,21,27H,6-7,9,12,14-15,20,39-40H2,1-3H3,(H,43,48)(H,41,42,44,45)/t21-,27-/m0/s1. The molecule has 0 spiro atoms. The number of benzene rings is 2. The highest BCUT2D eigenvalue weighted by atomic mass is 19.1. The number of nitrogens with zero attached hydrogens (tertiary/aromatic N) is 5. The molecule has 0 saturated heterocycles. The van der Waals surface area contributed by atoms with Gasteiger partial charge < -0.3 is 41.0 Å². The number of pyridine rings is 1. The van der Waals surface area contributed by atoms with Gasteiger partial charge in [-0.05, 0) is 38.4 Å². The lowest BCUT2D eigenvalue weighted by Gasteiger charge is -2.17. The van der Waals surface area contributed by atoms with Crippen LogP contribution in [0.1, 0.15) is 31.7 Å². The summed E-state index contributed by atoms with van der Waals surface area (Å²) < 4.78 is 53.7. The number of amides is 1. The number of anilines is 2. The van der Waals surface area contributed by atoms with Crippen molar-refractivity contribution in [2.75, 3.05) is 39.3 Å². The molecular weight excluding hydrogens is 692 g/mol. The van der Waals surface area contributed by atoms with Gasteiger partial charge in [0.05, 0.1) is 50.4 Å². The monoisotopic (exact) mass is 733 g/mol. The van der Waals surface area contributed by atoms with Crippen LogP contribution < -0.4 is 36.3 Å². The van der Waals surface area contributed by atoms with Crippen molar-refractivity contribution in [2.45, 2.75) is 44.8 Å². The number of hydrogen-bond donors (Lipinski definition) is 4. The number of fused-ring (bicyclic) bond motifs is 1. The van der Waals surface area contributed by atoms with Gasteiger partial charge in [-0.15, -0.1) is 0 Å². The first-order valence-corrected chi connectivity index (χ1v) is 16.8. The minimum Gasteiger partial charge on any atom is -0.493 e. The van der Waals surface area contributed by atoms with Crippen LogP contribution in [0.5, 0.6) is 17.2 Å². The zero-order valence-corrected chi connectivity index (χ0v) is 29.5. The number of ether oxygens (including phenoxy) is 4. The van der Waals surface area contributed by atoms with E-state index >= 15 is 8.78 Å². The van der Waals surface area contributed by atoms with Gasteiger partial charge in [-0.2, -0.15) is 5.10 Å². The van der Waals surface area contributed by atoms with Crippen LogP contribution in [-0.2, 0) is 20.9 Å². The van der Waals surface area contributed by atoms with E-state index in [9.17, 15) is 9.59 Å². The summed E-state index contributed by atoms with van der Waals surface area (Å²) in [5.41, 5.74) is 12.6. The highest BCUT2D eigenvalue weighted by Crippen LogP contribution is 2.33. The molecule has 0 aliphatic heterocycles. The van der Waals surface area contributed by atoms with Crippen LogP contribution in [0, 0.1) is 11.6 Å². The van der Waals surface area contributed by atoms with Gasteiger partial charge in [0.15, 0.2) is 23.1 Å². The Morgan fingerprint density at radius 1 is 1.00 bits per heavy atom. The molecule has 3 heterocycles. The number of hydrogen-bond acceptors (Lipinski definition) is 13. The lowest BCUT2D eigenvalue weighted by molar-refractivity contribution is -0.148. The van der Waals surface area contributed by atoms with Gasteiger partial charge in [0.25, 0.3) is 0 Å². The number of para-hydroxylation sites is 1. The Morgan fingerprint density at radius 2 is 1.75 bits per heavy atom. The van der Waals surface area contributed by atoms with Crippen LogP contribution in [-0.4, -0.2) is 82.7 Å². The van der Waals surface area contributed by atoms with Gasteiger partial charge in [0.1, 0.15) is 42.3 Å². The predicted octanol–water partition coefficient (Wildman–Crippen LogP) is 3.86. The molecule has 17 heteroatoms. The zero-order chi connectivity index (χ0) is 37.9. The maximum Gasteiger partial charge on any atom is 0.328 e. The molecule has 15 nitrogen and oxygen atoms in total. The molecule has 1 amide bonds. The molecule has 0 radical (unpaired) electrons. The number of esters is 1. The average molecular weight is 734 g/mol. The molecule has 0 aliphatic carbocycles.